The van der Waals surface area contributed by atoms with Crippen molar-refractivity contribution < 1.29 is 20.1 Å². The van der Waals surface area contributed by atoms with Crippen LogP contribution in [0.25, 0.3) is 38.9 Å². The van der Waals surface area contributed by atoms with E-state index in [1.807, 2.05) is 38.1 Å². The van der Waals surface area contributed by atoms with Crippen molar-refractivity contribution in [2.24, 2.45) is 5.92 Å². The van der Waals surface area contributed by atoms with E-state index in [1.165, 1.54) is 5.57 Å². The van der Waals surface area contributed by atoms with Crippen LogP contribution in [0.3, 0.4) is 0 Å². The molecule has 4 aliphatic rings. The number of fused-ring (bicyclic) bond motifs is 11. The number of Topliss-reactive ketones (excluding diaryl/α,β-unsaturated/α-hetero) is 1. The molecule has 8 nitrogen and oxygen atoms in total. The molecule has 0 fully saturated rings. The normalized spacial score (nSPS) is 19.8. The van der Waals surface area contributed by atoms with Gasteiger partial charge in [-0.05, 0) is 110 Å². The third-order valence-corrected chi connectivity index (χ3v) is 10.3. The fourth-order valence-electron chi connectivity index (χ4n) is 7.70. The molecule has 6 rings (SSSR count). The summed E-state index contributed by atoms with van der Waals surface area (Å²) in [4.78, 5) is 31.0. The van der Waals surface area contributed by atoms with Gasteiger partial charge in [0.05, 0.1) is 35.3 Å². The second-order valence-electron chi connectivity index (χ2n) is 13.0. The molecule has 0 amide bonds. The third kappa shape index (κ3) is 5.25. The Morgan fingerprint density at radius 3 is 2.34 bits per heavy atom. The van der Waals surface area contributed by atoms with Gasteiger partial charge in [-0.25, -0.2) is 9.97 Å². The average Bonchev–Trinajstić information content (AvgIpc) is 3.71. The molecule has 2 aromatic rings. The van der Waals surface area contributed by atoms with Crippen LogP contribution >= 0.6 is 0 Å². The molecule has 2 aromatic heterocycles. The number of carbonyl (C=O) groups is 1. The number of aliphatic hydroxyl groups is 3. The van der Waals surface area contributed by atoms with Gasteiger partial charge in [0.25, 0.3) is 0 Å². The van der Waals surface area contributed by atoms with Gasteiger partial charge < -0.3 is 25.3 Å². The van der Waals surface area contributed by atoms with Crippen LogP contribution in [0, 0.1) is 12.8 Å². The highest BCUT2D eigenvalue weighted by molar-refractivity contribution is 5.98. The minimum absolute atomic E-state index is 0.104. The van der Waals surface area contributed by atoms with Crippen molar-refractivity contribution in [2.75, 3.05) is 19.8 Å². The van der Waals surface area contributed by atoms with Crippen LogP contribution in [-0.4, -0.2) is 60.9 Å². The van der Waals surface area contributed by atoms with Gasteiger partial charge in [-0.15, -0.1) is 0 Å². The molecule has 0 saturated carbocycles. The molecule has 1 unspecified atom stereocenters. The number of aromatic nitrogens is 4. The monoisotopic (exact) mass is 632 g/mol. The lowest BCUT2D eigenvalue weighted by atomic mass is 9.63. The minimum Gasteiger partial charge on any atom is -0.396 e. The van der Waals surface area contributed by atoms with E-state index >= 15 is 0 Å². The summed E-state index contributed by atoms with van der Waals surface area (Å²) in [5, 5.41) is 30.1. The van der Waals surface area contributed by atoms with Crippen molar-refractivity contribution in [1.82, 2.24) is 19.9 Å². The minimum atomic E-state index is -0.897. The summed E-state index contributed by atoms with van der Waals surface area (Å²) in [5.41, 5.74) is 13.7. The lowest BCUT2D eigenvalue weighted by molar-refractivity contribution is -0.126. The first-order chi connectivity index (χ1) is 22.6. The van der Waals surface area contributed by atoms with Crippen molar-refractivity contribution in [3.8, 4) is 0 Å². The SMILES string of the molecule is C=CC1=C(C)c2cc3[nH]c(cc4nc(cc5[nH]c(cc1n2)c(C)c5CCCO)C(CCC)=C4C)[C@]1(C)C3=CC=C(CO)C1C(=O)CO. The molecule has 8 heteroatoms. The molecule has 3 aliphatic heterocycles. The van der Waals surface area contributed by atoms with Crippen molar-refractivity contribution in [3.63, 3.8) is 0 Å². The van der Waals surface area contributed by atoms with Gasteiger partial charge in [0, 0.05) is 40.0 Å². The molecule has 5 N–H and O–H groups in total. The van der Waals surface area contributed by atoms with E-state index in [2.05, 4.69) is 49.5 Å². The number of aryl methyl sites for hydroxylation is 2. The summed E-state index contributed by atoms with van der Waals surface area (Å²) < 4.78 is 0. The number of aromatic amines is 2. The number of H-pyrrole nitrogens is 2. The van der Waals surface area contributed by atoms with Crippen LogP contribution in [0.4, 0.5) is 0 Å². The zero-order valence-electron chi connectivity index (χ0n) is 27.9. The number of allylic oxidation sites excluding steroid dienone is 8. The van der Waals surface area contributed by atoms with E-state index < -0.39 is 17.9 Å². The zero-order valence-corrected chi connectivity index (χ0v) is 27.9. The van der Waals surface area contributed by atoms with Crippen molar-refractivity contribution in [2.45, 2.75) is 65.7 Å². The number of ketones is 1. The summed E-state index contributed by atoms with van der Waals surface area (Å²) in [6.07, 6.45) is 8.76. The quantitative estimate of drug-likeness (QED) is 0.212. The molecule has 0 saturated heterocycles. The molecule has 47 heavy (non-hydrogen) atoms. The summed E-state index contributed by atoms with van der Waals surface area (Å²) in [7, 11) is 0. The molecule has 1 aliphatic carbocycles. The highest BCUT2D eigenvalue weighted by Gasteiger charge is 2.50. The Labute approximate surface area is 275 Å². The zero-order chi connectivity index (χ0) is 33.6. The average molecular weight is 633 g/mol. The summed E-state index contributed by atoms with van der Waals surface area (Å²) in [6.45, 7) is 13.7. The Bertz CT molecular complexity index is 2000. The van der Waals surface area contributed by atoms with Gasteiger partial charge in [-0.3, -0.25) is 4.79 Å². The smallest absolute Gasteiger partial charge is 0.166 e. The molecule has 2 atom stereocenters. The fraction of sp³-hybridized carbons (Fsp3) is 0.359. The number of nitrogens with zero attached hydrogens (tertiary/aromatic N) is 2. The van der Waals surface area contributed by atoms with Crippen LogP contribution in [0.5, 0.6) is 0 Å². The molecule has 5 heterocycles. The molecule has 244 valence electrons. The molecule has 8 bridgehead atoms. The first kappa shape index (κ1) is 32.6. The first-order valence-corrected chi connectivity index (χ1v) is 16.5. The maximum Gasteiger partial charge on any atom is 0.166 e. The maximum atomic E-state index is 13.5. The topological polar surface area (TPSA) is 135 Å². The van der Waals surface area contributed by atoms with Crippen molar-refractivity contribution in [3.05, 3.63) is 99.9 Å². The number of hydrogen-bond donors (Lipinski definition) is 5. The van der Waals surface area contributed by atoms with Crippen molar-refractivity contribution >= 4 is 44.7 Å². The van der Waals surface area contributed by atoms with Crippen LogP contribution < -0.4 is 0 Å². The number of aliphatic hydroxyl groups excluding tert-OH is 3. The molecular formula is C39H44N4O4. The second-order valence-corrected chi connectivity index (χ2v) is 13.0. The molecular weight excluding hydrogens is 588 g/mol. The Hall–Kier alpha value is -4.37. The number of carbonyl (C=O) groups excluding carboxylic acids is 1. The highest BCUT2D eigenvalue weighted by atomic mass is 16.3. The number of rotatable bonds is 9. The van der Waals surface area contributed by atoms with Gasteiger partial charge in [-0.1, -0.05) is 38.2 Å². The van der Waals surface area contributed by atoms with E-state index in [1.54, 1.807) is 6.08 Å². The van der Waals surface area contributed by atoms with Gasteiger partial charge in [0.1, 0.15) is 6.61 Å². The van der Waals surface area contributed by atoms with Crippen LogP contribution in [0.15, 0.2) is 54.6 Å². The Balaban J connectivity index is 1.77. The van der Waals surface area contributed by atoms with Gasteiger partial charge in [0.2, 0.25) is 0 Å². The van der Waals surface area contributed by atoms with Crippen LogP contribution in [-0.2, 0) is 16.6 Å². The van der Waals surface area contributed by atoms with E-state index in [4.69, 9.17) is 9.97 Å². The van der Waals surface area contributed by atoms with E-state index in [0.717, 1.165) is 97.9 Å². The second kappa shape index (κ2) is 12.7. The third-order valence-electron chi connectivity index (χ3n) is 10.3. The lowest BCUT2D eigenvalue weighted by Crippen LogP contribution is -2.41. The fourth-order valence-corrected chi connectivity index (χ4v) is 7.70. The largest absolute Gasteiger partial charge is 0.396 e. The maximum absolute atomic E-state index is 13.5. The predicted octanol–water partition coefficient (Wildman–Crippen LogP) is 6.57. The van der Waals surface area contributed by atoms with Crippen molar-refractivity contribution in [1.29, 1.82) is 0 Å². The van der Waals surface area contributed by atoms with E-state index in [0.29, 0.717) is 12.0 Å². The van der Waals surface area contributed by atoms with E-state index in [-0.39, 0.29) is 19.0 Å². The van der Waals surface area contributed by atoms with E-state index in [9.17, 15) is 20.1 Å². The van der Waals surface area contributed by atoms with Crippen LogP contribution in [0.1, 0.15) is 92.2 Å². The Morgan fingerprint density at radius 1 is 0.936 bits per heavy atom. The lowest BCUT2D eigenvalue weighted by Gasteiger charge is -2.38. The molecule has 0 radical (unpaired) electrons. The number of nitrogens with one attached hydrogen (secondary N) is 2. The summed E-state index contributed by atoms with van der Waals surface area (Å²) >= 11 is 0. The summed E-state index contributed by atoms with van der Waals surface area (Å²) in [6, 6.07) is 8.24. The standard InChI is InChI=1S/C39H44N4O4/c1-7-10-26-22(4)31-18-37-39(6)28(13-12-24(19-45)38(39)36(47)20-46)35(43-37)16-30-21(3)25(8-2)32(40-30)15-29-23(5)27(11-9-14-44)34(41-29)17-33(26)42-31/h8,12-13,15-18,38,41,43-46H,2,7,9-11,14,19-20H2,1,3-6H3/t38?,39-/m0/s1. The first-order valence-electron chi connectivity index (χ1n) is 16.5. The van der Waals surface area contributed by atoms with Gasteiger partial charge in [-0.2, -0.15) is 0 Å². The van der Waals surface area contributed by atoms with Gasteiger partial charge in [0.15, 0.2) is 5.78 Å². The molecule has 0 spiro atoms. The Morgan fingerprint density at radius 2 is 1.66 bits per heavy atom. The van der Waals surface area contributed by atoms with Gasteiger partial charge >= 0.3 is 0 Å². The highest BCUT2D eigenvalue weighted by Crippen LogP contribution is 2.52. The molecule has 0 aromatic carbocycles. The Kier molecular flexibility index (Phi) is 8.78. The summed E-state index contributed by atoms with van der Waals surface area (Å²) in [5.74, 6) is -1.12. The number of hydrogen-bond acceptors (Lipinski definition) is 6. The predicted molar refractivity (Wildman–Crippen MR) is 189 cm³/mol. The van der Waals surface area contributed by atoms with Crippen LogP contribution in [0.2, 0.25) is 0 Å².